The molecule has 0 bridgehead atoms. The van der Waals surface area contributed by atoms with Gasteiger partial charge in [0.15, 0.2) is 0 Å². The van der Waals surface area contributed by atoms with Crippen LogP contribution in [0.15, 0.2) is 76.8 Å². The van der Waals surface area contributed by atoms with Crippen LogP contribution in [0.4, 0.5) is 13.2 Å². The van der Waals surface area contributed by atoms with Gasteiger partial charge in [-0.25, -0.2) is 17.6 Å². The maximum atomic E-state index is 13.1. The van der Waals surface area contributed by atoms with Crippen LogP contribution in [-0.4, -0.2) is 58.5 Å². The summed E-state index contributed by atoms with van der Waals surface area (Å²) in [6.07, 6.45) is -5.42. The van der Waals surface area contributed by atoms with Crippen molar-refractivity contribution in [2.45, 2.75) is 35.6 Å². The molecule has 1 unspecified atom stereocenters. The zero-order valence-corrected chi connectivity index (χ0v) is 21.2. The molecule has 1 saturated heterocycles. The summed E-state index contributed by atoms with van der Waals surface area (Å²) in [5.74, 6) is -2.42. The largest absolute Gasteiger partial charge is 0.492 e. The Morgan fingerprint density at radius 1 is 1.17 bits per heavy atom. The lowest BCUT2D eigenvalue weighted by molar-refractivity contribution is -0.226. The number of thioether (sulfide) groups is 1. The summed E-state index contributed by atoms with van der Waals surface area (Å²) >= 11 is 7.15. The highest BCUT2D eigenvalue weighted by atomic mass is 35.5. The molecule has 1 atom stereocenters. The zero-order valence-electron chi connectivity index (χ0n) is 18.9. The molecule has 2 aliphatic heterocycles. The molecule has 194 valence electrons. The second kappa shape index (κ2) is 10.1. The van der Waals surface area contributed by atoms with Crippen molar-refractivity contribution in [3.05, 3.63) is 77.5 Å². The van der Waals surface area contributed by atoms with Crippen LogP contribution in [0.1, 0.15) is 12.5 Å². The van der Waals surface area contributed by atoms with Crippen LogP contribution in [0, 0.1) is 0 Å². The lowest BCUT2D eigenvalue weighted by atomic mass is 9.91. The van der Waals surface area contributed by atoms with Crippen LogP contribution in [0.25, 0.3) is 0 Å². The average Bonchev–Trinajstić information content (AvgIpc) is 3.16. The van der Waals surface area contributed by atoms with Gasteiger partial charge >= 0.3 is 12.1 Å². The molecule has 0 aromatic heterocycles. The monoisotopic (exact) mass is 562 g/mol. The van der Waals surface area contributed by atoms with Crippen molar-refractivity contribution in [1.82, 2.24) is 19.1 Å². The van der Waals surface area contributed by atoms with E-state index in [1.807, 2.05) is 37.3 Å². The molecule has 36 heavy (non-hydrogen) atoms. The van der Waals surface area contributed by atoms with Crippen molar-refractivity contribution in [3.8, 4) is 0 Å². The molecule has 14 heteroatoms. The standard InChI is InChI=1S/C22H22ClF3N4O4S2/c1-21(14-28(15-21)12-16-8-4-2-5-9-16)27-18-13-35-20(29(18)23)30(34-19(31)22(24,25)26)36(32,33)17-10-6-3-7-11-17/h2-11,13,20,27H,12,14-15H2,1H3. The number of carbonyl (C=O) groups is 1. The van der Waals surface area contributed by atoms with Gasteiger partial charge in [-0.05, 0) is 24.6 Å². The lowest BCUT2D eigenvalue weighted by Crippen LogP contribution is -2.67. The third kappa shape index (κ3) is 5.75. The van der Waals surface area contributed by atoms with Crippen LogP contribution < -0.4 is 5.32 Å². The first-order valence-corrected chi connectivity index (χ1v) is 13.3. The molecule has 1 N–H and O–H groups in total. The Morgan fingerprint density at radius 3 is 2.33 bits per heavy atom. The average molecular weight is 563 g/mol. The quantitative estimate of drug-likeness (QED) is 0.384. The number of nitrogens with one attached hydrogen (secondary N) is 1. The van der Waals surface area contributed by atoms with E-state index in [0.717, 1.165) is 28.3 Å². The summed E-state index contributed by atoms with van der Waals surface area (Å²) in [4.78, 5) is 17.8. The number of likely N-dealkylation sites (tertiary alicyclic amines) is 1. The summed E-state index contributed by atoms with van der Waals surface area (Å²) in [5.41, 5.74) is -0.785. The zero-order chi connectivity index (χ0) is 26.1. The second-order valence-corrected chi connectivity index (χ2v) is 11.6. The second-order valence-electron chi connectivity index (χ2n) is 8.54. The van der Waals surface area contributed by atoms with Crippen molar-refractivity contribution >= 4 is 39.5 Å². The molecular weight excluding hydrogens is 541 g/mol. The number of benzene rings is 2. The highest BCUT2D eigenvalue weighted by Gasteiger charge is 2.50. The number of hydroxylamine groups is 1. The first kappa shape index (κ1) is 26.6. The normalized spacial score (nSPS) is 20.1. The summed E-state index contributed by atoms with van der Waals surface area (Å²) in [5, 5.41) is 4.70. The molecule has 0 spiro atoms. The number of carbonyl (C=O) groups excluding carboxylic acids is 1. The number of halogens is 4. The molecule has 0 aliphatic carbocycles. The molecule has 4 rings (SSSR count). The number of nitrogens with zero attached hydrogens (tertiary/aromatic N) is 3. The van der Waals surface area contributed by atoms with Gasteiger partial charge in [-0.1, -0.05) is 60.3 Å². The van der Waals surface area contributed by atoms with Gasteiger partial charge in [0.25, 0.3) is 10.0 Å². The SMILES string of the molecule is CC1(NC2=CSC(N(OC(=O)C(F)(F)F)S(=O)(=O)c3ccccc3)N2Cl)CN(Cc2ccccc2)C1. The van der Waals surface area contributed by atoms with Gasteiger partial charge in [-0.2, -0.15) is 13.2 Å². The molecule has 8 nitrogen and oxygen atoms in total. The minimum absolute atomic E-state index is 0.0220. The minimum Gasteiger partial charge on any atom is -0.363 e. The predicted molar refractivity (Wildman–Crippen MR) is 128 cm³/mol. The molecule has 2 heterocycles. The van der Waals surface area contributed by atoms with Crippen molar-refractivity contribution in [3.63, 3.8) is 0 Å². The molecule has 2 aromatic rings. The number of sulfonamides is 1. The van der Waals surface area contributed by atoms with Gasteiger partial charge < -0.3 is 10.2 Å². The molecular formula is C22H22ClF3N4O4S2. The van der Waals surface area contributed by atoms with Crippen LogP contribution in [0.3, 0.4) is 0 Å². The fourth-order valence-electron chi connectivity index (χ4n) is 3.89. The molecule has 2 aromatic carbocycles. The first-order chi connectivity index (χ1) is 16.9. The Labute approximate surface area is 215 Å². The van der Waals surface area contributed by atoms with Crippen LogP contribution in [0.2, 0.25) is 0 Å². The van der Waals surface area contributed by atoms with Crippen molar-refractivity contribution < 1.29 is 31.2 Å². The van der Waals surface area contributed by atoms with Gasteiger partial charge in [-0.15, -0.1) is 0 Å². The Bertz CT molecular complexity index is 1230. The van der Waals surface area contributed by atoms with Gasteiger partial charge in [0.2, 0.25) is 5.50 Å². The maximum Gasteiger partial charge on any atom is 0.492 e. The third-order valence-corrected chi connectivity index (χ3v) is 8.65. The van der Waals surface area contributed by atoms with E-state index in [0.29, 0.717) is 13.1 Å². The van der Waals surface area contributed by atoms with Crippen LogP contribution in [-0.2, 0) is 26.2 Å². The fourth-order valence-corrected chi connectivity index (χ4v) is 6.79. The summed E-state index contributed by atoms with van der Waals surface area (Å²) in [6.45, 7) is 3.98. The van der Waals surface area contributed by atoms with E-state index in [1.165, 1.54) is 35.7 Å². The number of hydrogen-bond donors (Lipinski definition) is 1. The fraction of sp³-hybridized carbons (Fsp3) is 0.318. The molecule has 0 saturated carbocycles. The molecule has 0 amide bonds. The van der Waals surface area contributed by atoms with Crippen molar-refractivity contribution in [2.24, 2.45) is 0 Å². The van der Waals surface area contributed by atoms with Crippen LogP contribution >= 0.6 is 23.5 Å². The van der Waals surface area contributed by atoms with Gasteiger partial charge in [0, 0.05) is 41.3 Å². The maximum absolute atomic E-state index is 13.1. The Morgan fingerprint density at radius 2 is 1.75 bits per heavy atom. The van der Waals surface area contributed by atoms with E-state index in [4.69, 9.17) is 11.8 Å². The van der Waals surface area contributed by atoms with Gasteiger partial charge in [0.1, 0.15) is 5.82 Å². The van der Waals surface area contributed by atoms with E-state index >= 15 is 0 Å². The topological polar surface area (TPSA) is 82.2 Å². The van der Waals surface area contributed by atoms with Gasteiger partial charge in [-0.3, -0.25) is 4.90 Å². The highest BCUT2D eigenvalue weighted by molar-refractivity contribution is 8.03. The van der Waals surface area contributed by atoms with E-state index in [2.05, 4.69) is 15.1 Å². The van der Waals surface area contributed by atoms with Crippen LogP contribution in [0.5, 0.6) is 0 Å². The van der Waals surface area contributed by atoms with E-state index in [9.17, 15) is 26.4 Å². The minimum atomic E-state index is -5.42. The predicted octanol–water partition coefficient (Wildman–Crippen LogP) is 3.85. The van der Waals surface area contributed by atoms with Gasteiger partial charge in [0.05, 0.1) is 10.4 Å². The lowest BCUT2D eigenvalue weighted by Gasteiger charge is -2.49. The Kier molecular flexibility index (Phi) is 7.49. The molecule has 1 fully saturated rings. The Balaban J connectivity index is 1.47. The van der Waals surface area contributed by atoms with Crippen molar-refractivity contribution in [1.29, 1.82) is 0 Å². The van der Waals surface area contributed by atoms with Crippen molar-refractivity contribution in [2.75, 3.05) is 13.1 Å². The molecule has 2 aliphatic rings. The summed E-state index contributed by atoms with van der Waals surface area (Å²) in [6, 6.07) is 16.6. The number of rotatable bonds is 8. The van der Waals surface area contributed by atoms with E-state index in [1.54, 1.807) is 0 Å². The number of hydrogen-bond acceptors (Lipinski definition) is 8. The number of alkyl halides is 3. The summed E-state index contributed by atoms with van der Waals surface area (Å²) in [7, 11) is -4.70. The summed E-state index contributed by atoms with van der Waals surface area (Å²) < 4.78 is 66.0. The first-order valence-electron chi connectivity index (χ1n) is 10.6. The third-order valence-electron chi connectivity index (χ3n) is 5.41. The highest BCUT2D eigenvalue weighted by Crippen LogP contribution is 2.39. The smallest absolute Gasteiger partial charge is 0.363 e. The Hall–Kier alpha value is -2.45. The molecule has 0 radical (unpaired) electrons. The van der Waals surface area contributed by atoms with E-state index in [-0.39, 0.29) is 15.2 Å². The van der Waals surface area contributed by atoms with E-state index < -0.39 is 33.2 Å².